The maximum atomic E-state index is 11.0. The second-order valence-electron chi connectivity index (χ2n) is 6.03. The Morgan fingerprint density at radius 1 is 1.00 bits per heavy atom. The fraction of sp³-hybridized carbons (Fsp3) is 0.667. The van der Waals surface area contributed by atoms with Crippen LogP contribution in [0.25, 0.3) is 0 Å². The van der Waals surface area contributed by atoms with Crippen molar-refractivity contribution < 1.29 is 4.92 Å². The molecule has 2 radical (unpaired) electrons. The van der Waals surface area contributed by atoms with Gasteiger partial charge in [0, 0.05) is 0 Å². The number of hydrogen-bond donors (Lipinski definition) is 0. The molecule has 3 nitrogen and oxygen atoms in total. The van der Waals surface area contributed by atoms with Crippen LogP contribution in [0.4, 0.5) is 5.69 Å². The van der Waals surface area contributed by atoms with Crippen LogP contribution < -0.4 is 3.58 Å². The van der Waals surface area contributed by atoms with Gasteiger partial charge in [0.15, 0.2) is 0 Å². The molecule has 0 amide bonds. The van der Waals surface area contributed by atoms with Gasteiger partial charge in [-0.3, -0.25) is 0 Å². The molecule has 0 atom stereocenters. The Morgan fingerprint density at radius 2 is 1.57 bits per heavy atom. The Balaban J connectivity index is 2.09. The molecule has 0 saturated carbocycles. The SMILES string of the molecule is CCCCCCCCCCC[CH2][Sn][c]1cc(Cl)ccc1[N+](=O)[O-]. The van der Waals surface area contributed by atoms with E-state index in [4.69, 9.17) is 11.6 Å². The number of benzene rings is 1. The van der Waals surface area contributed by atoms with Crippen LogP contribution in [-0.4, -0.2) is 26.1 Å². The number of hydrogen-bond acceptors (Lipinski definition) is 2. The molecule has 0 bridgehead atoms. The molecule has 23 heavy (non-hydrogen) atoms. The van der Waals surface area contributed by atoms with Crippen LogP contribution in [0.2, 0.25) is 9.46 Å². The summed E-state index contributed by atoms with van der Waals surface area (Å²) in [5, 5.41) is 11.6. The van der Waals surface area contributed by atoms with E-state index in [9.17, 15) is 10.1 Å². The molecule has 0 saturated heterocycles. The van der Waals surface area contributed by atoms with Crippen LogP contribution in [0, 0.1) is 10.1 Å². The van der Waals surface area contributed by atoms with Gasteiger partial charge in [0.1, 0.15) is 0 Å². The van der Waals surface area contributed by atoms with Gasteiger partial charge in [-0.1, -0.05) is 0 Å². The third-order valence-corrected chi connectivity index (χ3v) is 8.19. The Kier molecular flexibility index (Phi) is 11.8. The van der Waals surface area contributed by atoms with Gasteiger partial charge in [0.2, 0.25) is 0 Å². The van der Waals surface area contributed by atoms with Crippen LogP contribution in [0.3, 0.4) is 0 Å². The molecule has 128 valence electrons. The van der Waals surface area contributed by atoms with Crippen LogP contribution >= 0.6 is 11.6 Å². The van der Waals surface area contributed by atoms with Crippen molar-refractivity contribution in [2.24, 2.45) is 0 Å². The van der Waals surface area contributed by atoms with Gasteiger partial charge in [0.05, 0.1) is 0 Å². The number of nitro benzene ring substituents is 1. The number of nitro groups is 1. The van der Waals surface area contributed by atoms with E-state index < -0.39 is 21.1 Å². The predicted octanol–water partition coefficient (Wildman–Crippen LogP) is 5.92. The summed E-state index contributed by atoms with van der Waals surface area (Å²) in [6.07, 6.45) is 13.4. The molecule has 1 aromatic carbocycles. The topological polar surface area (TPSA) is 43.1 Å². The summed E-state index contributed by atoms with van der Waals surface area (Å²) in [5.41, 5.74) is 0.271. The van der Waals surface area contributed by atoms with Crippen molar-refractivity contribution in [3.05, 3.63) is 33.3 Å². The van der Waals surface area contributed by atoms with Crippen molar-refractivity contribution in [2.75, 3.05) is 0 Å². The zero-order valence-corrected chi connectivity index (χ0v) is 17.8. The molecule has 0 aliphatic heterocycles. The van der Waals surface area contributed by atoms with E-state index in [2.05, 4.69) is 6.92 Å². The van der Waals surface area contributed by atoms with E-state index >= 15 is 0 Å². The summed E-state index contributed by atoms with van der Waals surface area (Å²) >= 11 is 5.09. The van der Waals surface area contributed by atoms with Gasteiger partial charge < -0.3 is 0 Å². The Labute approximate surface area is 155 Å². The van der Waals surface area contributed by atoms with E-state index in [1.54, 1.807) is 12.1 Å². The Bertz CT molecular complexity index is 468. The first-order valence-electron chi connectivity index (χ1n) is 8.83. The fourth-order valence-electron chi connectivity index (χ4n) is 2.64. The molecule has 0 N–H and O–H groups in total. The Hall–Kier alpha value is -0.291. The average Bonchev–Trinajstić information content (AvgIpc) is 2.52. The van der Waals surface area contributed by atoms with Crippen LogP contribution in [-0.2, 0) is 0 Å². The number of rotatable bonds is 13. The molecule has 0 heterocycles. The maximum absolute atomic E-state index is 11.0. The Morgan fingerprint density at radius 3 is 2.13 bits per heavy atom. The van der Waals surface area contributed by atoms with Crippen molar-refractivity contribution in [3.63, 3.8) is 0 Å². The second-order valence-corrected chi connectivity index (χ2v) is 10.4. The molecular formula is C18H28ClNO2Sn. The summed E-state index contributed by atoms with van der Waals surface area (Å²) < 4.78 is 2.10. The van der Waals surface area contributed by atoms with Crippen LogP contribution in [0.15, 0.2) is 18.2 Å². The second kappa shape index (κ2) is 13.1. The van der Waals surface area contributed by atoms with E-state index in [1.807, 2.05) is 6.07 Å². The first-order valence-corrected chi connectivity index (χ1v) is 12.6. The normalized spacial score (nSPS) is 10.9. The van der Waals surface area contributed by atoms with Crippen LogP contribution in [0.1, 0.15) is 71.1 Å². The molecule has 0 aromatic heterocycles. The third kappa shape index (κ3) is 9.55. The minimum atomic E-state index is -0.882. The van der Waals surface area contributed by atoms with Gasteiger partial charge in [0.25, 0.3) is 0 Å². The molecule has 0 spiro atoms. The molecule has 1 aromatic rings. The molecule has 1 rings (SSSR count). The summed E-state index contributed by atoms with van der Waals surface area (Å²) in [6.45, 7) is 2.25. The zero-order valence-electron chi connectivity index (χ0n) is 14.2. The standard InChI is InChI=1S/C12H25.C6H3ClNO2.Sn/c1-3-5-7-9-11-12-10-8-6-4-2;7-5-1-3-6(4-2-5)8(9)10;/h1,3-12H2,2H3;1-3H;. The number of unbranched alkanes of at least 4 members (excludes halogenated alkanes) is 9. The number of halogens is 1. The van der Waals surface area contributed by atoms with E-state index in [1.165, 1.54) is 68.6 Å². The minimum absolute atomic E-state index is 0.271. The number of nitrogens with zero attached hydrogens (tertiary/aromatic N) is 1. The van der Waals surface area contributed by atoms with Crippen LogP contribution in [0.5, 0.6) is 0 Å². The van der Waals surface area contributed by atoms with Gasteiger partial charge in [-0.2, -0.15) is 0 Å². The van der Waals surface area contributed by atoms with Crippen molar-refractivity contribution in [2.45, 2.75) is 75.6 Å². The summed E-state index contributed by atoms with van der Waals surface area (Å²) in [5.74, 6) is 0. The molecule has 0 aliphatic rings. The molecule has 5 heteroatoms. The van der Waals surface area contributed by atoms with E-state index in [-0.39, 0.29) is 10.6 Å². The van der Waals surface area contributed by atoms with Crippen molar-refractivity contribution in [3.8, 4) is 0 Å². The van der Waals surface area contributed by atoms with Gasteiger partial charge >= 0.3 is 156 Å². The zero-order chi connectivity index (χ0) is 16.9. The third-order valence-electron chi connectivity index (χ3n) is 4.00. The van der Waals surface area contributed by atoms with E-state index in [0.29, 0.717) is 5.02 Å². The van der Waals surface area contributed by atoms with Crippen molar-refractivity contribution >= 4 is 42.0 Å². The average molecular weight is 445 g/mol. The predicted molar refractivity (Wildman–Crippen MR) is 100 cm³/mol. The van der Waals surface area contributed by atoms with Crippen molar-refractivity contribution in [1.29, 1.82) is 0 Å². The monoisotopic (exact) mass is 445 g/mol. The summed E-state index contributed by atoms with van der Waals surface area (Å²) in [7, 11) is 0. The van der Waals surface area contributed by atoms with Gasteiger partial charge in [-0.05, 0) is 0 Å². The van der Waals surface area contributed by atoms with Crippen molar-refractivity contribution in [1.82, 2.24) is 0 Å². The van der Waals surface area contributed by atoms with Gasteiger partial charge in [-0.25, -0.2) is 0 Å². The fourth-order valence-corrected chi connectivity index (χ4v) is 6.82. The summed E-state index contributed by atoms with van der Waals surface area (Å²) in [4.78, 5) is 10.8. The summed E-state index contributed by atoms with van der Waals surface area (Å²) in [6, 6.07) is 4.97. The molecule has 0 unspecified atom stereocenters. The van der Waals surface area contributed by atoms with Gasteiger partial charge in [-0.15, -0.1) is 0 Å². The molecule has 0 aliphatic carbocycles. The first kappa shape index (κ1) is 20.8. The quantitative estimate of drug-likeness (QED) is 0.164. The van der Waals surface area contributed by atoms with E-state index in [0.717, 1.165) is 3.58 Å². The first-order chi connectivity index (χ1) is 11.1. The molecule has 0 fully saturated rings. The molecular weight excluding hydrogens is 416 g/mol.